The second kappa shape index (κ2) is 9.05. The number of aromatic hydroxyl groups is 1. The Balaban J connectivity index is 0.000000695. The van der Waals surface area contributed by atoms with E-state index in [0.29, 0.717) is 0 Å². The number of phenols is 1. The summed E-state index contributed by atoms with van der Waals surface area (Å²) in [5.74, 6) is -8.78. The Labute approximate surface area is 209 Å². The van der Waals surface area contributed by atoms with Crippen molar-refractivity contribution in [2.75, 3.05) is 14.1 Å². The number of primary amides is 1. The molecular formula is C22H24N2O12S. The monoisotopic (exact) mass is 540 g/mol. The maximum absolute atomic E-state index is 13.6. The predicted octanol–water partition coefficient (Wildman–Crippen LogP) is -1.25. The molecule has 0 heterocycles. The Kier molecular flexibility index (Phi) is 6.85. The molecule has 37 heavy (non-hydrogen) atoms. The van der Waals surface area contributed by atoms with Crippen molar-refractivity contribution in [2.45, 2.75) is 17.7 Å². The third kappa shape index (κ3) is 4.20. The van der Waals surface area contributed by atoms with Gasteiger partial charge in [0, 0.05) is 5.92 Å². The number of likely N-dealkylation sites (N-methyl/N-ethyl adjacent to an activating group) is 1. The molecule has 0 spiro atoms. The van der Waals surface area contributed by atoms with Crippen LogP contribution in [0.25, 0.3) is 11.3 Å². The van der Waals surface area contributed by atoms with Crippen LogP contribution in [0.2, 0.25) is 0 Å². The lowest BCUT2D eigenvalue weighted by atomic mass is 9.55. The van der Waals surface area contributed by atoms with Crippen molar-refractivity contribution in [1.82, 2.24) is 4.90 Å². The van der Waals surface area contributed by atoms with E-state index in [1.54, 1.807) is 0 Å². The molecule has 3 aliphatic carbocycles. The third-order valence-corrected chi connectivity index (χ3v) is 6.61. The zero-order valence-electron chi connectivity index (χ0n) is 19.4. The number of hydrogen-bond acceptors (Lipinski definition) is 11. The summed E-state index contributed by atoms with van der Waals surface area (Å²) in [5.41, 5.74) is 1.16. The molecule has 0 unspecified atom stereocenters. The number of carbonyl (C=O) groups is 3. The van der Waals surface area contributed by atoms with Gasteiger partial charge >= 0.3 is 10.4 Å². The first-order valence-electron chi connectivity index (χ1n) is 10.4. The standard InChI is InChI=1S/C22H22N2O8.H2O4S/c1-7-8-5-4-6-9(25)11(8)16(26)12-10(7)17(27)14-15(24(2)3)18(28)13(21(23)31)20(30)22(14,32)19(12)29;1-5(2,3)4/h4-6,10,14-15,17,25-27,30,32H,1H2,2-3H3,(H2,23,31);(H2,1,2,3,4)/t10-,14-,15+,17+,22+;/m1./s1. The Bertz CT molecular complexity index is 1400. The molecule has 1 amide bonds. The zero-order valence-corrected chi connectivity index (χ0v) is 20.2. The number of carbonyl (C=O) groups excluding carboxylic acids is 3. The molecule has 14 nitrogen and oxygen atoms in total. The van der Waals surface area contributed by atoms with E-state index in [0.717, 1.165) is 0 Å². The lowest BCUT2D eigenvalue weighted by Gasteiger charge is -2.52. The predicted molar refractivity (Wildman–Crippen MR) is 125 cm³/mol. The number of amides is 1. The van der Waals surface area contributed by atoms with Gasteiger partial charge in [-0.05, 0) is 31.3 Å². The summed E-state index contributed by atoms with van der Waals surface area (Å²) in [7, 11) is -1.79. The van der Waals surface area contributed by atoms with Gasteiger partial charge in [0.1, 0.15) is 22.8 Å². The second-order valence-corrected chi connectivity index (χ2v) is 9.78. The van der Waals surface area contributed by atoms with Gasteiger partial charge in [-0.25, -0.2) is 0 Å². The molecule has 0 bridgehead atoms. The summed E-state index contributed by atoms with van der Waals surface area (Å²) in [4.78, 5) is 39.8. The summed E-state index contributed by atoms with van der Waals surface area (Å²) >= 11 is 0. The van der Waals surface area contributed by atoms with Gasteiger partial charge in [0.25, 0.3) is 5.91 Å². The lowest BCUT2D eigenvalue weighted by molar-refractivity contribution is -0.166. The summed E-state index contributed by atoms with van der Waals surface area (Å²) in [6.45, 7) is 3.91. The normalized spacial score (nSPS) is 29.3. The number of fused-ring (bicyclic) bond motifs is 3. The molecule has 3 aliphatic rings. The summed E-state index contributed by atoms with van der Waals surface area (Å²) < 4.78 is 31.6. The van der Waals surface area contributed by atoms with E-state index in [2.05, 4.69) is 6.58 Å². The van der Waals surface area contributed by atoms with E-state index < -0.39 is 80.1 Å². The number of ketones is 2. The highest BCUT2D eigenvalue weighted by molar-refractivity contribution is 7.79. The fourth-order valence-electron chi connectivity index (χ4n) is 5.21. The highest BCUT2D eigenvalue weighted by Gasteiger charge is 2.68. The Morgan fingerprint density at radius 3 is 2.16 bits per heavy atom. The molecule has 5 atom stereocenters. The molecule has 0 radical (unpaired) electrons. The molecule has 4 rings (SSSR count). The van der Waals surface area contributed by atoms with Gasteiger partial charge in [0.2, 0.25) is 5.78 Å². The fourth-order valence-corrected chi connectivity index (χ4v) is 5.21. The molecule has 200 valence electrons. The maximum Gasteiger partial charge on any atom is 0.394 e. The number of Topliss-reactive ketones (excluding diaryl/α,β-unsaturated/α-hetero) is 2. The van der Waals surface area contributed by atoms with E-state index in [-0.39, 0.29) is 22.4 Å². The first-order chi connectivity index (χ1) is 16.9. The van der Waals surface area contributed by atoms with Gasteiger partial charge < -0.3 is 31.3 Å². The number of phenolic OH excluding ortho intramolecular Hbond substituents is 1. The second-order valence-electron chi connectivity index (χ2n) is 8.89. The number of hydrogen-bond donors (Lipinski definition) is 8. The van der Waals surface area contributed by atoms with Crippen molar-refractivity contribution in [3.63, 3.8) is 0 Å². The fraction of sp³-hybridized carbons (Fsp3) is 0.318. The Morgan fingerprint density at radius 2 is 1.68 bits per heavy atom. The van der Waals surface area contributed by atoms with Gasteiger partial charge in [-0.3, -0.25) is 28.4 Å². The van der Waals surface area contributed by atoms with Gasteiger partial charge in [-0.15, -0.1) is 0 Å². The van der Waals surface area contributed by atoms with Crippen molar-refractivity contribution in [2.24, 2.45) is 17.6 Å². The smallest absolute Gasteiger partial charge is 0.394 e. The summed E-state index contributed by atoms with van der Waals surface area (Å²) in [5, 5.41) is 54.7. The lowest BCUT2D eigenvalue weighted by Crippen LogP contribution is -2.70. The van der Waals surface area contributed by atoms with Crippen LogP contribution in [-0.2, 0) is 24.8 Å². The molecule has 0 aliphatic heterocycles. The molecule has 9 N–H and O–H groups in total. The van der Waals surface area contributed by atoms with Crippen molar-refractivity contribution in [3.8, 4) is 5.75 Å². The summed E-state index contributed by atoms with van der Waals surface area (Å²) in [6, 6.07) is 2.89. The minimum atomic E-state index is -4.67. The van der Waals surface area contributed by atoms with E-state index >= 15 is 0 Å². The first-order valence-corrected chi connectivity index (χ1v) is 11.8. The quantitative estimate of drug-likeness (QED) is 0.161. The topological polar surface area (TPSA) is 256 Å². The van der Waals surface area contributed by atoms with E-state index in [9.17, 15) is 39.9 Å². The molecular weight excluding hydrogens is 516 g/mol. The van der Waals surface area contributed by atoms with Crippen molar-refractivity contribution >= 4 is 39.2 Å². The molecule has 0 saturated heterocycles. The van der Waals surface area contributed by atoms with Gasteiger partial charge in [0.05, 0.1) is 29.2 Å². The van der Waals surface area contributed by atoms with Gasteiger partial charge in [0.15, 0.2) is 11.4 Å². The molecule has 1 aromatic rings. The Hall–Kier alpha value is -3.60. The minimum absolute atomic E-state index is 0.124. The number of nitrogens with two attached hydrogens (primary N) is 1. The van der Waals surface area contributed by atoms with Crippen LogP contribution >= 0.6 is 0 Å². The van der Waals surface area contributed by atoms with Crippen LogP contribution in [0.1, 0.15) is 11.1 Å². The molecule has 1 saturated carbocycles. The van der Waals surface area contributed by atoms with Crippen LogP contribution in [0.5, 0.6) is 5.75 Å². The number of nitrogens with zero attached hydrogens (tertiary/aromatic N) is 1. The molecule has 15 heteroatoms. The van der Waals surface area contributed by atoms with Crippen LogP contribution in [0.3, 0.4) is 0 Å². The average Bonchev–Trinajstić information content (AvgIpc) is 2.74. The molecule has 1 aromatic carbocycles. The van der Waals surface area contributed by atoms with Crippen LogP contribution in [0, 0.1) is 11.8 Å². The number of aliphatic hydroxyl groups excluding tert-OH is 3. The first kappa shape index (κ1) is 28.0. The van der Waals surface area contributed by atoms with E-state index in [4.69, 9.17) is 23.3 Å². The van der Waals surface area contributed by atoms with Crippen molar-refractivity contribution < 1.29 is 57.4 Å². The maximum atomic E-state index is 13.6. The Morgan fingerprint density at radius 1 is 1.14 bits per heavy atom. The van der Waals surface area contributed by atoms with Gasteiger partial charge in [-0.1, -0.05) is 18.7 Å². The van der Waals surface area contributed by atoms with E-state index in [1.807, 2.05) is 0 Å². The SMILES string of the molecule is C=C1c2cccc(O)c2C(O)=C2C(=O)[C@]3(O)C(O)=C(C(N)=O)C(=O)[C@@H](N(C)C)[C@@H]3[C@@H](O)[C@H]12.O=S(=O)(O)O. The van der Waals surface area contributed by atoms with E-state index in [1.165, 1.54) is 37.2 Å². The van der Waals surface area contributed by atoms with Crippen LogP contribution in [-0.4, -0.2) is 97.3 Å². The largest absolute Gasteiger partial charge is 0.508 e. The zero-order chi connectivity index (χ0) is 28.4. The van der Waals surface area contributed by atoms with Gasteiger partial charge in [-0.2, -0.15) is 8.42 Å². The number of aliphatic hydroxyl groups is 4. The summed E-state index contributed by atoms with van der Waals surface area (Å²) in [6.07, 6.45) is -1.69. The molecule has 0 aromatic heterocycles. The molecule has 1 fully saturated rings. The highest BCUT2D eigenvalue weighted by atomic mass is 32.3. The minimum Gasteiger partial charge on any atom is -0.508 e. The average molecular weight is 541 g/mol. The number of benzene rings is 1. The van der Waals surface area contributed by atoms with Crippen LogP contribution in [0.15, 0.2) is 41.7 Å². The van der Waals surface area contributed by atoms with Crippen molar-refractivity contribution in [3.05, 3.63) is 52.8 Å². The van der Waals surface area contributed by atoms with Crippen LogP contribution in [0.4, 0.5) is 0 Å². The van der Waals surface area contributed by atoms with Crippen LogP contribution < -0.4 is 5.73 Å². The highest BCUT2D eigenvalue weighted by Crippen LogP contribution is 2.55. The third-order valence-electron chi connectivity index (χ3n) is 6.61. The van der Waals surface area contributed by atoms with Crippen molar-refractivity contribution in [1.29, 1.82) is 0 Å². The number of rotatable bonds is 2.